The smallest absolute Gasteiger partial charge is 0.210 e. The van der Waals surface area contributed by atoms with Gasteiger partial charge in [-0.2, -0.15) is 10.5 Å². The van der Waals surface area contributed by atoms with Crippen LogP contribution >= 0.6 is 0 Å². The van der Waals surface area contributed by atoms with E-state index in [9.17, 15) is 10.5 Å². The minimum absolute atomic E-state index is 0.581. The zero-order valence-corrected chi connectivity index (χ0v) is 23.4. The molecule has 0 N–H and O–H groups in total. The number of benzene rings is 6. The molecule has 0 unspecified atom stereocenters. The summed E-state index contributed by atoms with van der Waals surface area (Å²) in [5.74, 6) is 0. The first-order valence-electron chi connectivity index (χ1n) is 14.2. The molecule has 0 aliphatic carbocycles. The van der Waals surface area contributed by atoms with Gasteiger partial charge < -0.3 is 9.13 Å². The molecule has 0 radical (unpaired) electrons. The van der Waals surface area contributed by atoms with Crippen molar-refractivity contribution in [3.63, 3.8) is 0 Å². The van der Waals surface area contributed by atoms with Crippen LogP contribution in [-0.4, -0.2) is 9.13 Å². The van der Waals surface area contributed by atoms with Gasteiger partial charge in [0.1, 0.15) is 0 Å². The van der Waals surface area contributed by atoms with E-state index in [1.807, 2.05) is 78.9 Å². The molecule has 0 saturated carbocycles. The molecule has 44 heavy (non-hydrogen) atoms. The van der Waals surface area contributed by atoms with Crippen molar-refractivity contribution in [3.8, 4) is 34.6 Å². The van der Waals surface area contributed by atoms with Crippen LogP contribution in [-0.2, 0) is 0 Å². The number of hydrogen-bond acceptors (Lipinski definition) is 2. The molecule has 0 bridgehead atoms. The van der Waals surface area contributed by atoms with Gasteiger partial charge in [-0.15, -0.1) is 0 Å². The fourth-order valence-corrected chi connectivity index (χ4v) is 6.50. The van der Waals surface area contributed by atoms with Crippen molar-refractivity contribution >= 4 is 49.3 Å². The van der Waals surface area contributed by atoms with E-state index in [2.05, 4.69) is 74.6 Å². The lowest BCUT2D eigenvalue weighted by Crippen LogP contribution is -1.96. The van der Waals surface area contributed by atoms with Gasteiger partial charge in [0.15, 0.2) is 0 Å². The van der Waals surface area contributed by atoms with Crippen LogP contribution in [0.1, 0.15) is 11.1 Å². The van der Waals surface area contributed by atoms with E-state index in [-0.39, 0.29) is 0 Å². The minimum atomic E-state index is 0.581. The lowest BCUT2D eigenvalue weighted by molar-refractivity contribution is 1.18. The highest BCUT2D eigenvalue weighted by atomic mass is 15.0. The summed E-state index contributed by atoms with van der Waals surface area (Å²) in [5.41, 5.74) is 9.65. The molecule has 6 aromatic carbocycles. The fraction of sp³-hybridized carbons (Fsp3) is 0. The Morgan fingerprint density at radius 1 is 0.545 bits per heavy atom. The predicted octanol–water partition coefficient (Wildman–Crippen LogP) is 9.84. The summed E-state index contributed by atoms with van der Waals surface area (Å²) in [6, 6.07) is 46.8. The molecule has 2 heterocycles. The largest absolute Gasteiger partial charge is 0.319 e. The van der Waals surface area contributed by atoms with Crippen molar-refractivity contribution in [2.75, 3.05) is 0 Å². The predicted molar refractivity (Wildman–Crippen MR) is 176 cm³/mol. The van der Waals surface area contributed by atoms with E-state index in [0.717, 1.165) is 66.1 Å². The summed E-state index contributed by atoms with van der Waals surface area (Å²) in [7, 11) is 0. The average Bonchev–Trinajstić information content (AvgIpc) is 3.60. The van der Waals surface area contributed by atoms with Crippen molar-refractivity contribution < 1.29 is 0 Å². The Kier molecular flexibility index (Phi) is 5.56. The highest BCUT2D eigenvalue weighted by Gasteiger charge is 2.19. The average molecular weight is 560 g/mol. The zero-order valence-electron chi connectivity index (χ0n) is 23.4. The van der Waals surface area contributed by atoms with Crippen LogP contribution in [0.25, 0.3) is 71.0 Å². The second-order valence-corrected chi connectivity index (χ2v) is 10.7. The van der Waals surface area contributed by atoms with Gasteiger partial charge in [0.05, 0.1) is 57.6 Å². The summed E-state index contributed by atoms with van der Waals surface area (Å²) in [5, 5.41) is 23.6. The third kappa shape index (κ3) is 3.63. The standard InChI is InChI=1S/C39H21N5/c1-42-34-13-3-5-15-38(34)44-35-14-4-2-10-30(35)33-22-27(17-19-37(33)44)29-11-7-12-31-32-21-26(24-41)16-18-36(32)43(39(29)31)28-9-6-8-25(20-28)23-40/h2-22H. The van der Waals surface area contributed by atoms with Crippen LogP contribution in [0.2, 0.25) is 0 Å². The quantitative estimate of drug-likeness (QED) is 0.202. The van der Waals surface area contributed by atoms with E-state index < -0.39 is 0 Å². The molecule has 0 fully saturated rings. The van der Waals surface area contributed by atoms with E-state index >= 15 is 0 Å². The number of rotatable bonds is 3. The van der Waals surface area contributed by atoms with Crippen molar-refractivity contribution in [2.24, 2.45) is 0 Å². The lowest BCUT2D eigenvalue weighted by atomic mass is 9.99. The normalized spacial score (nSPS) is 11.1. The number of hydrogen-bond donors (Lipinski definition) is 0. The first-order chi connectivity index (χ1) is 21.7. The first-order valence-corrected chi connectivity index (χ1v) is 14.2. The monoisotopic (exact) mass is 559 g/mol. The van der Waals surface area contributed by atoms with Crippen LogP contribution in [0.15, 0.2) is 127 Å². The van der Waals surface area contributed by atoms with Crippen molar-refractivity contribution in [1.29, 1.82) is 10.5 Å². The summed E-state index contributed by atoms with van der Waals surface area (Å²) in [6.45, 7) is 7.79. The minimum Gasteiger partial charge on any atom is -0.319 e. The molecule has 0 aliphatic heterocycles. The molecule has 8 rings (SSSR count). The van der Waals surface area contributed by atoms with Crippen LogP contribution in [0, 0.1) is 29.2 Å². The third-order valence-electron chi connectivity index (χ3n) is 8.38. The molecule has 8 aromatic rings. The van der Waals surface area contributed by atoms with Crippen molar-refractivity contribution in [1.82, 2.24) is 9.13 Å². The molecule has 202 valence electrons. The highest BCUT2D eigenvalue weighted by molar-refractivity contribution is 6.16. The van der Waals surface area contributed by atoms with Gasteiger partial charge in [0.2, 0.25) is 5.69 Å². The number of fused-ring (bicyclic) bond motifs is 6. The van der Waals surface area contributed by atoms with Crippen molar-refractivity contribution in [2.45, 2.75) is 0 Å². The fourth-order valence-electron chi connectivity index (χ4n) is 6.50. The van der Waals surface area contributed by atoms with Gasteiger partial charge in [0, 0.05) is 32.8 Å². The highest BCUT2D eigenvalue weighted by Crippen LogP contribution is 2.41. The number of nitriles is 2. The molecule has 0 atom stereocenters. The number of aromatic nitrogens is 2. The Bertz CT molecular complexity index is 2600. The second kappa shape index (κ2) is 9.74. The Balaban J connectivity index is 1.46. The Labute approximate surface area is 253 Å². The summed E-state index contributed by atoms with van der Waals surface area (Å²) in [4.78, 5) is 3.81. The van der Waals surface area contributed by atoms with E-state index in [4.69, 9.17) is 6.57 Å². The first kappa shape index (κ1) is 25.1. The SMILES string of the molecule is [C-]#[N+]c1ccccc1-n1c2ccccc2c2cc(-c3cccc4c5cc(C#N)ccc5n(-c5cccc(C#N)c5)c34)ccc21. The Hall–Kier alpha value is -6.61. The molecule has 0 amide bonds. The molecule has 5 nitrogen and oxygen atoms in total. The van der Waals surface area contributed by atoms with Crippen LogP contribution in [0.5, 0.6) is 0 Å². The summed E-state index contributed by atoms with van der Waals surface area (Å²) >= 11 is 0. The zero-order chi connectivity index (χ0) is 29.8. The van der Waals surface area contributed by atoms with Gasteiger partial charge in [-0.25, -0.2) is 4.85 Å². The topological polar surface area (TPSA) is 61.8 Å². The molecule has 0 spiro atoms. The van der Waals surface area contributed by atoms with E-state index in [0.29, 0.717) is 16.8 Å². The van der Waals surface area contributed by atoms with Crippen LogP contribution in [0.3, 0.4) is 0 Å². The van der Waals surface area contributed by atoms with Crippen LogP contribution < -0.4 is 0 Å². The Morgan fingerprint density at radius 2 is 1.23 bits per heavy atom. The van der Waals surface area contributed by atoms with Gasteiger partial charge in [0.25, 0.3) is 0 Å². The van der Waals surface area contributed by atoms with Gasteiger partial charge >= 0.3 is 0 Å². The molecule has 5 heteroatoms. The van der Waals surface area contributed by atoms with Crippen molar-refractivity contribution in [3.05, 3.63) is 150 Å². The maximum atomic E-state index is 9.69. The Morgan fingerprint density at radius 3 is 2.09 bits per heavy atom. The van der Waals surface area contributed by atoms with Gasteiger partial charge in [-0.05, 0) is 66.2 Å². The lowest BCUT2D eigenvalue weighted by Gasteiger charge is -2.13. The molecule has 0 aliphatic rings. The molecular weight excluding hydrogens is 538 g/mol. The van der Waals surface area contributed by atoms with Crippen LogP contribution in [0.4, 0.5) is 5.69 Å². The van der Waals surface area contributed by atoms with E-state index in [1.165, 1.54) is 0 Å². The second-order valence-electron chi connectivity index (χ2n) is 10.7. The molecular formula is C39H21N5. The molecule has 0 saturated heterocycles. The van der Waals surface area contributed by atoms with Gasteiger partial charge in [-0.3, -0.25) is 0 Å². The molecule has 2 aromatic heterocycles. The summed E-state index contributed by atoms with van der Waals surface area (Å²) in [6.07, 6.45) is 0. The third-order valence-corrected chi connectivity index (χ3v) is 8.38. The maximum absolute atomic E-state index is 9.69. The number of nitrogens with zero attached hydrogens (tertiary/aromatic N) is 5. The maximum Gasteiger partial charge on any atom is 0.210 e. The van der Waals surface area contributed by atoms with Gasteiger partial charge in [-0.1, -0.05) is 66.7 Å². The van der Waals surface area contributed by atoms with E-state index in [1.54, 1.807) is 0 Å². The summed E-state index contributed by atoms with van der Waals surface area (Å²) < 4.78 is 4.37. The number of para-hydroxylation sites is 4.